The van der Waals surface area contributed by atoms with Crippen LogP contribution in [0.15, 0.2) is 24.5 Å². The lowest BCUT2D eigenvalue weighted by Gasteiger charge is -1.99. The second-order valence-corrected chi connectivity index (χ2v) is 3.01. The first-order valence-electron chi connectivity index (χ1n) is 3.85. The van der Waals surface area contributed by atoms with Gasteiger partial charge in [-0.25, -0.2) is 0 Å². The number of hydrogen-bond acceptors (Lipinski definition) is 2. The second kappa shape index (κ2) is 3.58. The summed E-state index contributed by atoms with van der Waals surface area (Å²) in [4.78, 5) is 4.15. The van der Waals surface area contributed by atoms with E-state index in [0.29, 0.717) is 11.4 Å². The molecule has 0 aliphatic heterocycles. The summed E-state index contributed by atoms with van der Waals surface area (Å²) in [6.07, 6.45) is 3.95. The standard InChI is InChI=1S/C9H7ClN3/c10-8-2-1-4-11-9(8)6-7-3-5-12-13-7/h1-2,4-5H,6H2,(H,12,13). The zero-order valence-electron chi connectivity index (χ0n) is 6.79. The average Bonchev–Trinajstić information content (AvgIpc) is 2.61. The molecule has 0 amide bonds. The van der Waals surface area contributed by atoms with Gasteiger partial charge in [0.1, 0.15) is 0 Å². The van der Waals surface area contributed by atoms with Crippen LogP contribution in [-0.2, 0) is 6.42 Å². The fraction of sp³-hybridized carbons (Fsp3) is 0.111. The second-order valence-electron chi connectivity index (χ2n) is 2.60. The smallest absolute Gasteiger partial charge is 0.0649 e. The first kappa shape index (κ1) is 8.26. The summed E-state index contributed by atoms with van der Waals surface area (Å²) < 4.78 is 0. The number of aromatic nitrogens is 3. The first-order valence-corrected chi connectivity index (χ1v) is 4.23. The summed E-state index contributed by atoms with van der Waals surface area (Å²) in [7, 11) is 0. The molecule has 2 aromatic heterocycles. The molecule has 2 aromatic rings. The van der Waals surface area contributed by atoms with Crippen molar-refractivity contribution in [2.24, 2.45) is 0 Å². The van der Waals surface area contributed by atoms with Crippen molar-refractivity contribution in [1.82, 2.24) is 15.2 Å². The third-order valence-electron chi connectivity index (χ3n) is 1.68. The number of hydrogen-bond donors (Lipinski definition) is 1. The van der Waals surface area contributed by atoms with Crippen molar-refractivity contribution in [3.05, 3.63) is 47.0 Å². The zero-order chi connectivity index (χ0) is 9.10. The van der Waals surface area contributed by atoms with Crippen LogP contribution in [0.25, 0.3) is 0 Å². The highest BCUT2D eigenvalue weighted by atomic mass is 35.5. The molecule has 0 spiro atoms. The number of aromatic amines is 1. The van der Waals surface area contributed by atoms with Gasteiger partial charge in [0.15, 0.2) is 0 Å². The van der Waals surface area contributed by atoms with Crippen LogP contribution in [-0.4, -0.2) is 15.2 Å². The minimum atomic E-state index is 0.639. The molecule has 0 unspecified atom stereocenters. The fourth-order valence-corrected chi connectivity index (χ4v) is 1.25. The van der Waals surface area contributed by atoms with Crippen molar-refractivity contribution in [1.29, 1.82) is 0 Å². The van der Waals surface area contributed by atoms with Crippen LogP contribution >= 0.6 is 11.6 Å². The largest absolute Gasteiger partial charge is 0.282 e. The SMILES string of the molecule is Clc1cccnc1Cc1[c]cn[nH]1. The third-order valence-corrected chi connectivity index (χ3v) is 2.03. The van der Waals surface area contributed by atoms with E-state index in [1.165, 1.54) is 0 Å². The molecule has 2 rings (SSSR count). The van der Waals surface area contributed by atoms with E-state index in [1.807, 2.05) is 12.1 Å². The Kier molecular flexibility index (Phi) is 2.27. The lowest BCUT2D eigenvalue weighted by molar-refractivity contribution is 0.967. The van der Waals surface area contributed by atoms with Gasteiger partial charge < -0.3 is 0 Å². The molecule has 3 nitrogen and oxygen atoms in total. The lowest BCUT2D eigenvalue weighted by atomic mass is 10.2. The van der Waals surface area contributed by atoms with Crippen LogP contribution in [0.4, 0.5) is 0 Å². The quantitative estimate of drug-likeness (QED) is 0.789. The number of halogens is 1. The number of nitrogens with zero attached hydrogens (tertiary/aromatic N) is 2. The number of nitrogens with one attached hydrogen (secondary N) is 1. The minimum absolute atomic E-state index is 0.639. The summed E-state index contributed by atoms with van der Waals surface area (Å²) in [5, 5.41) is 7.28. The maximum atomic E-state index is 5.93. The predicted octanol–water partition coefficient (Wildman–Crippen LogP) is 1.85. The Morgan fingerprint density at radius 1 is 1.54 bits per heavy atom. The van der Waals surface area contributed by atoms with Gasteiger partial charge in [0, 0.05) is 24.4 Å². The molecule has 0 aliphatic carbocycles. The lowest BCUT2D eigenvalue weighted by Crippen LogP contribution is -1.93. The predicted molar refractivity (Wildman–Crippen MR) is 49.5 cm³/mol. The van der Waals surface area contributed by atoms with Crippen molar-refractivity contribution < 1.29 is 0 Å². The summed E-state index contributed by atoms with van der Waals surface area (Å²) in [5.41, 5.74) is 1.73. The monoisotopic (exact) mass is 192 g/mol. The van der Waals surface area contributed by atoms with Gasteiger partial charge in [-0.3, -0.25) is 10.1 Å². The Morgan fingerprint density at radius 2 is 2.46 bits per heavy atom. The van der Waals surface area contributed by atoms with Crippen molar-refractivity contribution in [3.8, 4) is 0 Å². The van der Waals surface area contributed by atoms with Crippen LogP contribution in [0.3, 0.4) is 0 Å². The van der Waals surface area contributed by atoms with Gasteiger partial charge >= 0.3 is 0 Å². The summed E-state index contributed by atoms with van der Waals surface area (Å²) in [5.74, 6) is 0. The Balaban J connectivity index is 2.24. The normalized spacial score (nSPS) is 10.2. The van der Waals surface area contributed by atoms with E-state index in [4.69, 9.17) is 11.6 Å². The van der Waals surface area contributed by atoms with Gasteiger partial charge in [0.05, 0.1) is 16.9 Å². The Bertz CT molecular complexity index is 384. The third kappa shape index (κ3) is 1.87. The number of H-pyrrole nitrogens is 1. The van der Waals surface area contributed by atoms with Crippen LogP contribution in [0.5, 0.6) is 0 Å². The summed E-state index contributed by atoms with van der Waals surface area (Å²) in [6.45, 7) is 0. The van der Waals surface area contributed by atoms with Crippen molar-refractivity contribution in [2.75, 3.05) is 0 Å². The van der Waals surface area contributed by atoms with Crippen LogP contribution in [0, 0.1) is 6.07 Å². The first-order chi connectivity index (χ1) is 6.36. The van der Waals surface area contributed by atoms with E-state index in [0.717, 1.165) is 11.4 Å². The van der Waals surface area contributed by atoms with Crippen LogP contribution in [0.1, 0.15) is 11.4 Å². The van der Waals surface area contributed by atoms with Crippen LogP contribution < -0.4 is 0 Å². The molecular weight excluding hydrogens is 186 g/mol. The molecule has 0 bridgehead atoms. The molecule has 4 heteroatoms. The van der Waals surface area contributed by atoms with Crippen LogP contribution in [0.2, 0.25) is 5.02 Å². The molecule has 13 heavy (non-hydrogen) atoms. The molecule has 0 saturated carbocycles. The molecule has 65 valence electrons. The van der Waals surface area contributed by atoms with E-state index in [-0.39, 0.29) is 0 Å². The van der Waals surface area contributed by atoms with Gasteiger partial charge in [-0.2, -0.15) is 5.10 Å². The van der Waals surface area contributed by atoms with Gasteiger partial charge in [-0.05, 0) is 12.1 Å². The number of rotatable bonds is 2. The molecule has 0 saturated heterocycles. The average molecular weight is 193 g/mol. The number of pyridine rings is 1. The van der Waals surface area contributed by atoms with Gasteiger partial charge in [-0.15, -0.1) is 0 Å². The van der Waals surface area contributed by atoms with Crippen molar-refractivity contribution in [2.45, 2.75) is 6.42 Å². The highest BCUT2D eigenvalue weighted by molar-refractivity contribution is 6.31. The van der Waals surface area contributed by atoms with Gasteiger partial charge in [0.2, 0.25) is 0 Å². The topological polar surface area (TPSA) is 41.6 Å². The van der Waals surface area contributed by atoms with E-state index >= 15 is 0 Å². The molecule has 0 aliphatic rings. The molecule has 1 radical (unpaired) electrons. The van der Waals surface area contributed by atoms with E-state index in [2.05, 4.69) is 21.2 Å². The fourth-order valence-electron chi connectivity index (χ4n) is 1.06. The van der Waals surface area contributed by atoms with Gasteiger partial charge in [0.25, 0.3) is 0 Å². The highest BCUT2D eigenvalue weighted by Gasteiger charge is 2.02. The molecule has 0 fully saturated rings. The Labute approximate surface area is 80.8 Å². The maximum absolute atomic E-state index is 5.93. The van der Waals surface area contributed by atoms with Crippen molar-refractivity contribution >= 4 is 11.6 Å². The molecule has 2 heterocycles. The highest BCUT2D eigenvalue weighted by Crippen LogP contribution is 2.14. The minimum Gasteiger partial charge on any atom is -0.282 e. The Hall–Kier alpha value is -1.35. The van der Waals surface area contributed by atoms with E-state index in [1.54, 1.807) is 12.4 Å². The van der Waals surface area contributed by atoms with Gasteiger partial charge in [-0.1, -0.05) is 11.6 Å². The summed E-state index contributed by atoms with van der Waals surface area (Å²) >= 11 is 5.93. The molecule has 1 N–H and O–H groups in total. The zero-order valence-corrected chi connectivity index (χ0v) is 7.54. The van der Waals surface area contributed by atoms with Crippen molar-refractivity contribution in [3.63, 3.8) is 0 Å². The van der Waals surface area contributed by atoms with E-state index in [9.17, 15) is 0 Å². The summed E-state index contributed by atoms with van der Waals surface area (Å²) in [6, 6.07) is 6.58. The maximum Gasteiger partial charge on any atom is 0.0649 e. The molecule has 0 aromatic carbocycles. The molecular formula is C9H7ClN3. The molecule has 0 atom stereocenters. The Morgan fingerprint density at radius 3 is 3.15 bits per heavy atom. The van der Waals surface area contributed by atoms with E-state index < -0.39 is 0 Å².